The normalized spacial score (nSPS) is 14.1. The van der Waals surface area contributed by atoms with E-state index in [0.29, 0.717) is 5.69 Å². The zero-order chi connectivity index (χ0) is 23.1. The van der Waals surface area contributed by atoms with Crippen LogP contribution >= 0.6 is 0 Å². The number of nitrogens with one attached hydrogen (secondary N) is 2. The third-order valence-corrected chi connectivity index (χ3v) is 6.83. The van der Waals surface area contributed by atoms with E-state index >= 15 is 0 Å². The van der Waals surface area contributed by atoms with Gasteiger partial charge in [-0.05, 0) is 80.6 Å². The van der Waals surface area contributed by atoms with Crippen LogP contribution in [0.2, 0.25) is 0 Å². The summed E-state index contributed by atoms with van der Waals surface area (Å²) in [6.45, 7) is 4.70. The van der Waals surface area contributed by atoms with Gasteiger partial charge in [0, 0.05) is 24.5 Å². The molecule has 3 rings (SSSR count). The van der Waals surface area contributed by atoms with Crippen LogP contribution in [0.4, 0.5) is 11.4 Å². The van der Waals surface area contributed by atoms with Crippen molar-refractivity contribution in [2.24, 2.45) is 0 Å². The Morgan fingerprint density at radius 3 is 2.31 bits per heavy atom. The van der Waals surface area contributed by atoms with Gasteiger partial charge < -0.3 is 15.0 Å². The van der Waals surface area contributed by atoms with Crippen molar-refractivity contribution in [3.8, 4) is 0 Å². The Hall–Kier alpha value is -2.91. The average molecular weight is 460 g/mol. The second kappa shape index (κ2) is 10.6. The van der Waals surface area contributed by atoms with Crippen molar-refractivity contribution in [1.82, 2.24) is 4.72 Å². The number of amides is 1. The van der Waals surface area contributed by atoms with Crippen LogP contribution < -0.4 is 14.9 Å². The maximum Gasteiger partial charge on any atom is 0.321 e. The van der Waals surface area contributed by atoms with Gasteiger partial charge in [0.1, 0.15) is 6.54 Å². The van der Waals surface area contributed by atoms with Crippen molar-refractivity contribution >= 4 is 33.3 Å². The molecule has 1 amide bonds. The molecule has 0 atom stereocenters. The molecular formula is C23H29N3O5S. The Bertz CT molecular complexity index is 1060. The lowest BCUT2D eigenvalue weighted by Gasteiger charge is -2.28. The predicted octanol–water partition coefficient (Wildman–Crippen LogP) is 2.75. The predicted molar refractivity (Wildman–Crippen MR) is 123 cm³/mol. The lowest BCUT2D eigenvalue weighted by atomic mass is 10.1. The van der Waals surface area contributed by atoms with Crippen LogP contribution in [0.3, 0.4) is 0 Å². The van der Waals surface area contributed by atoms with Gasteiger partial charge in [-0.25, -0.2) is 8.42 Å². The molecule has 172 valence electrons. The molecule has 2 aromatic rings. The summed E-state index contributed by atoms with van der Waals surface area (Å²) in [7, 11) is -3.85. The lowest BCUT2D eigenvalue weighted by molar-refractivity contribution is -0.146. The second-order valence-electron chi connectivity index (χ2n) is 7.87. The Morgan fingerprint density at radius 1 is 0.969 bits per heavy atom. The van der Waals surface area contributed by atoms with E-state index in [9.17, 15) is 18.0 Å². The summed E-state index contributed by atoms with van der Waals surface area (Å²) < 4.78 is 31.7. The van der Waals surface area contributed by atoms with E-state index in [-0.39, 0.29) is 4.90 Å². The first-order valence-electron chi connectivity index (χ1n) is 10.6. The van der Waals surface area contributed by atoms with Gasteiger partial charge in [-0.1, -0.05) is 6.07 Å². The molecule has 0 spiro atoms. The minimum Gasteiger partial charge on any atom is -0.455 e. The van der Waals surface area contributed by atoms with E-state index in [1.54, 1.807) is 18.2 Å². The van der Waals surface area contributed by atoms with E-state index < -0.39 is 35.1 Å². The number of hydrogen-bond donors (Lipinski definition) is 2. The molecule has 1 aliphatic rings. The fourth-order valence-corrected chi connectivity index (χ4v) is 4.47. The van der Waals surface area contributed by atoms with Gasteiger partial charge in [-0.2, -0.15) is 4.72 Å². The van der Waals surface area contributed by atoms with Crippen LogP contribution in [0.5, 0.6) is 0 Å². The van der Waals surface area contributed by atoms with E-state index in [4.69, 9.17) is 4.74 Å². The van der Waals surface area contributed by atoms with Crippen molar-refractivity contribution in [3.05, 3.63) is 53.6 Å². The van der Waals surface area contributed by atoms with Gasteiger partial charge >= 0.3 is 5.97 Å². The Kier molecular flexibility index (Phi) is 7.87. The van der Waals surface area contributed by atoms with Gasteiger partial charge in [0.05, 0.1) is 4.90 Å². The molecule has 2 aromatic carbocycles. The molecule has 8 nitrogen and oxygen atoms in total. The SMILES string of the molecule is Cc1ccc(S(=O)(=O)NCC(=O)OCC(=O)Nc2ccc(N3CCCCC3)cc2)cc1C. The molecule has 1 fully saturated rings. The summed E-state index contributed by atoms with van der Waals surface area (Å²) in [4.78, 5) is 26.3. The van der Waals surface area contributed by atoms with Crippen molar-refractivity contribution in [2.45, 2.75) is 38.0 Å². The van der Waals surface area contributed by atoms with Gasteiger partial charge in [0.15, 0.2) is 6.61 Å². The fourth-order valence-electron chi connectivity index (χ4n) is 3.42. The quantitative estimate of drug-likeness (QED) is 0.588. The molecule has 0 bridgehead atoms. The molecule has 1 heterocycles. The highest BCUT2D eigenvalue weighted by Crippen LogP contribution is 2.21. The van der Waals surface area contributed by atoms with Crippen LogP contribution in [-0.2, 0) is 24.3 Å². The third kappa shape index (κ3) is 6.54. The maximum atomic E-state index is 12.3. The lowest BCUT2D eigenvalue weighted by Crippen LogP contribution is -2.32. The summed E-state index contributed by atoms with van der Waals surface area (Å²) in [5.41, 5.74) is 3.51. The first-order chi connectivity index (χ1) is 15.2. The Morgan fingerprint density at radius 2 is 1.66 bits per heavy atom. The summed E-state index contributed by atoms with van der Waals surface area (Å²) in [6.07, 6.45) is 3.63. The summed E-state index contributed by atoms with van der Waals surface area (Å²) in [6, 6.07) is 12.2. The molecular weight excluding hydrogens is 430 g/mol. The van der Waals surface area contributed by atoms with E-state index in [2.05, 4.69) is 14.9 Å². The molecule has 1 saturated heterocycles. The number of aryl methyl sites for hydroxylation is 2. The number of carbonyl (C=O) groups is 2. The number of piperidine rings is 1. The highest BCUT2D eigenvalue weighted by molar-refractivity contribution is 7.89. The number of anilines is 2. The third-order valence-electron chi connectivity index (χ3n) is 5.43. The summed E-state index contributed by atoms with van der Waals surface area (Å²) >= 11 is 0. The highest BCUT2D eigenvalue weighted by Gasteiger charge is 2.17. The number of benzene rings is 2. The van der Waals surface area contributed by atoms with Crippen LogP contribution in [0.15, 0.2) is 47.4 Å². The minimum absolute atomic E-state index is 0.0687. The van der Waals surface area contributed by atoms with Gasteiger partial charge in [0.25, 0.3) is 5.91 Å². The number of carbonyl (C=O) groups excluding carboxylic acids is 2. The van der Waals surface area contributed by atoms with Crippen molar-refractivity contribution in [3.63, 3.8) is 0 Å². The van der Waals surface area contributed by atoms with Crippen molar-refractivity contribution in [1.29, 1.82) is 0 Å². The smallest absolute Gasteiger partial charge is 0.321 e. The number of nitrogens with zero attached hydrogens (tertiary/aromatic N) is 1. The number of ether oxygens (including phenoxy) is 1. The molecule has 0 saturated carbocycles. The van der Waals surface area contributed by atoms with Gasteiger partial charge in [-0.15, -0.1) is 0 Å². The number of sulfonamides is 1. The summed E-state index contributed by atoms with van der Waals surface area (Å²) in [5, 5.41) is 2.66. The highest BCUT2D eigenvalue weighted by atomic mass is 32.2. The van der Waals surface area contributed by atoms with Crippen LogP contribution in [0.1, 0.15) is 30.4 Å². The Balaban J connectivity index is 1.43. The monoisotopic (exact) mass is 459 g/mol. The first-order valence-corrected chi connectivity index (χ1v) is 12.1. The van der Waals surface area contributed by atoms with E-state index in [1.165, 1.54) is 31.4 Å². The zero-order valence-electron chi connectivity index (χ0n) is 18.4. The van der Waals surface area contributed by atoms with Crippen molar-refractivity contribution in [2.75, 3.05) is 36.5 Å². The van der Waals surface area contributed by atoms with E-state index in [1.807, 2.05) is 26.0 Å². The topological polar surface area (TPSA) is 105 Å². The minimum atomic E-state index is -3.85. The molecule has 9 heteroatoms. The molecule has 1 aliphatic heterocycles. The molecule has 32 heavy (non-hydrogen) atoms. The number of esters is 1. The number of hydrogen-bond acceptors (Lipinski definition) is 6. The fraction of sp³-hybridized carbons (Fsp3) is 0.391. The maximum absolute atomic E-state index is 12.3. The van der Waals surface area contributed by atoms with Gasteiger partial charge in [0.2, 0.25) is 10.0 Å². The molecule has 0 aliphatic carbocycles. The first kappa shape index (κ1) is 23.7. The second-order valence-corrected chi connectivity index (χ2v) is 9.64. The Labute approximate surface area is 189 Å². The molecule has 0 aromatic heterocycles. The zero-order valence-corrected chi connectivity index (χ0v) is 19.2. The standard InChI is InChI=1S/C23H29N3O5S/c1-17-6-11-21(14-18(17)2)32(29,30)24-15-23(28)31-16-22(27)25-19-7-9-20(10-8-19)26-12-4-3-5-13-26/h6-11,14,24H,3-5,12-13,15-16H2,1-2H3,(H,25,27). The molecule has 2 N–H and O–H groups in total. The van der Waals surface area contributed by atoms with E-state index in [0.717, 1.165) is 29.9 Å². The van der Waals surface area contributed by atoms with Crippen LogP contribution in [-0.4, -0.2) is 46.5 Å². The van der Waals surface area contributed by atoms with Crippen LogP contribution in [0.25, 0.3) is 0 Å². The largest absolute Gasteiger partial charge is 0.455 e. The van der Waals surface area contributed by atoms with Crippen molar-refractivity contribution < 1.29 is 22.7 Å². The molecule has 0 radical (unpaired) electrons. The van der Waals surface area contributed by atoms with Crippen LogP contribution in [0, 0.1) is 13.8 Å². The average Bonchev–Trinajstić information content (AvgIpc) is 2.79. The molecule has 0 unspecified atom stereocenters. The van der Waals surface area contributed by atoms with Gasteiger partial charge in [-0.3, -0.25) is 9.59 Å². The number of rotatable bonds is 8. The summed E-state index contributed by atoms with van der Waals surface area (Å²) in [5.74, 6) is -1.34.